The summed E-state index contributed by atoms with van der Waals surface area (Å²) in [5, 5.41) is 0. The van der Waals surface area contributed by atoms with E-state index in [0.29, 0.717) is 18.8 Å². The molecule has 0 N–H and O–H groups in total. The Labute approximate surface area is 219 Å². The molecule has 1 heterocycles. The van der Waals surface area contributed by atoms with Crippen molar-refractivity contribution in [2.24, 2.45) is 0 Å². The van der Waals surface area contributed by atoms with Crippen LogP contribution in [0.15, 0.2) is 126 Å². The molecule has 186 valence electrons. The maximum Gasteiger partial charge on any atom is 0.264 e. The van der Waals surface area contributed by atoms with Crippen LogP contribution in [0.3, 0.4) is 0 Å². The number of rotatable bonds is 5. The highest BCUT2D eigenvalue weighted by molar-refractivity contribution is 7.89. The van der Waals surface area contributed by atoms with Gasteiger partial charge in [-0.05, 0) is 41.3 Å². The van der Waals surface area contributed by atoms with Crippen molar-refractivity contribution in [1.29, 1.82) is 0 Å². The van der Waals surface area contributed by atoms with Gasteiger partial charge in [-0.1, -0.05) is 109 Å². The first kappa shape index (κ1) is 24.6. The first-order valence-corrected chi connectivity index (χ1v) is 13.8. The van der Waals surface area contributed by atoms with Crippen molar-refractivity contribution < 1.29 is 13.2 Å². The maximum atomic E-state index is 13.7. The molecule has 0 amide bonds. The molecule has 4 nitrogen and oxygen atoms in total. The first-order valence-electron chi connectivity index (χ1n) is 12.3. The lowest BCUT2D eigenvalue weighted by Gasteiger charge is -2.21. The van der Waals surface area contributed by atoms with Crippen LogP contribution in [0.25, 0.3) is 22.5 Å². The molecule has 1 aliphatic heterocycles. The molecule has 0 aromatic heterocycles. The summed E-state index contributed by atoms with van der Waals surface area (Å²) in [5.41, 5.74) is 6.25. The summed E-state index contributed by atoms with van der Waals surface area (Å²) in [4.78, 5) is 0.253. The van der Waals surface area contributed by atoms with Crippen LogP contribution in [0.1, 0.15) is 23.1 Å². The number of ether oxygens (including phenoxy) is 1. The molecule has 0 saturated heterocycles. The highest BCUT2D eigenvalue weighted by atomic mass is 32.2. The summed E-state index contributed by atoms with van der Waals surface area (Å²) >= 11 is 0. The third-order valence-corrected chi connectivity index (χ3v) is 8.20. The normalized spacial score (nSPS) is 17.3. The molecule has 0 radical (unpaired) electrons. The average molecular weight is 508 g/mol. The van der Waals surface area contributed by atoms with Gasteiger partial charge in [0.05, 0.1) is 24.2 Å². The number of aryl methyl sites for hydroxylation is 1. The molecule has 37 heavy (non-hydrogen) atoms. The summed E-state index contributed by atoms with van der Waals surface area (Å²) in [5.74, 6) is 0.533. The van der Waals surface area contributed by atoms with Crippen LogP contribution in [-0.4, -0.2) is 25.9 Å². The molecule has 0 aliphatic carbocycles. The van der Waals surface area contributed by atoms with Gasteiger partial charge in [-0.25, -0.2) is 8.42 Å². The van der Waals surface area contributed by atoms with Crippen molar-refractivity contribution >= 4 is 21.4 Å². The molecular formula is C32H29NO3S. The maximum absolute atomic E-state index is 13.7. The summed E-state index contributed by atoms with van der Waals surface area (Å²) in [7, 11) is -3.79. The topological polar surface area (TPSA) is 46.6 Å². The molecule has 4 aromatic carbocycles. The molecule has 0 unspecified atom stereocenters. The van der Waals surface area contributed by atoms with E-state index in [-0.39, 0.29) is 11.4 Å². The predicted octanol–water partition coefficient (Wildman–Crippen LogP) is 7.16. The smallest absolute Gasteiger partial charge is 0.264 e. The van der Waals surface area contributed by atoms with E-state index in [9.17, 15) is 8.42 Å². The van der Waals surface area contributed by atoms with E-state index >= 15 is 0 Å². The molecule has 1 aliphatic rings. The zero-order valence-corrected chi connectivity index (χ0v) is 21.6. The van der Waals surface area contributed by atoms with Crippen molar-refractivity contribution in [2.45, 2.75) is 18.2 Å². The number of nitrogens with zero attached hydrogens (tertiary/aromatic N) is 1. The molecule has 0 saturated carbocycles. The van der Waals surface area contributed by atoms with Gasteiger partial charge >= 0.3 is 0 Å². The lowest BCUT2D eigenvalue weighted by Crippen LogP contribution is -2.27. The van der Waals surface area contributed by atoms with Gasteiger partial charge in [-0.15, -0.1) is 0 Å². The monoisotopic (exact) mass is 507 g/mol. The van der Waals surface area contributed by atoms with Gasteiger partial charge < -0.3 is 4.74 Å². The average Bonchev–Trinajstić information content (AvgIpc) is 3.05. The Kier molecular flexibility index (Phi) is 7.24. The van der Waals surface area contributed by atoms with Crippen LogP contribution < -0.4 is 0 Å². The van der Waals surface area contributed by atoms with E-state index < -0.39 is 10.0 Å². The van der Waals surface area contributed by atoms with Crippen molar-refractivity contribution in [1.82, 2.24) is 4.31 Å². The van der Waals surface area contributed by atoms with E-state index in [0.717, 1.165) is 33.4 Å². The summed E-state index contributed by atoms with van der Waals surface area (Å²) < 4.78 is 35.0. The fourth-order valence-corrected chi connectivity index (χ4v) is 5.59. The van der Waals surface area contributed by atoms with Crippen LogP contribution >= 0.6 is 0 Å². The lowest BCUT2D eigenvalue weighted by atomic mass is 9.98. The molecule has 0 bridgehead atoms. The Hall–Kier alpha value is -4.09. The minimum absolute atomic E-state index is 0.200. The highest BCUT2D eigenvalue weighted by Crippen LogP contribution is 2.28. The first-order chi connectivity index (χ1) is 18.0. The summed E-state index contributed by atoms with van der Waals surface area (Å²) in [6.07, 6.45) is 4.27. The fourth-order valence-electron chi connectivity index (χ4n) is 4.34. The number of sulfonamides is 1. The van der Waals surface area contributed by atoms with Crippen LogP contribution in [0, 0.1) is 6.92 Å². The quantitative estimate of drug-likeness (QED) is 0.288. The van der Waals surface area contributed by atoms with Crippen LogP contribution in [0.2, 0.25) is 0 Å². The molecular weight excluding hydrogens is 478 g/mol. The van der Waals surface area contributed by atoms with Crippen LogP contribution in [0.4, 0.5) is 0 Å². The minimum atomic E-state index is -3.79. The minimum Gasteiger partial charge on any atom is -0.491 e. The van der Waals surface area contributed by atoms with E-state index in [1.165, 1.54) is 4.31 Å². The molecule has 0 fully saturated rings. The Balaban J connectivity index is 1.50. The van der Waals surface area contributed by atoms with Crippen LogP contribution in [-0.2, 0) is 14.8 Å². The van der Waals surface area contributed by atoms with Gasteiger partial charge in [0.1, 0.15) is 5.76 Å². The highest BCUT2D eigenvalue weighted by Gasteiger charge is 2.23. The third-order valence-electron chi connectivity index (χ3n) is 6.46. The number of hydrogen-bond donors (Lipinski definition) is 0. The fraction of sp³-hybridized carbons (Fsp3) is 0.125. The van der Waals surface area contributed by atoms with Crippen LogP contribution in [0.5, 0.6) is 0 Å². The van der Waals surface area contributed by atoms with E-state index in [1.54, 1.807) is 18.3 Å². The van der Waals surface area contributed by atoms with Crippen molar-refractivity contribution in [3.8, 4) is 11.1 Å². The standard InChI is InChI=1S/C32H29NO3S/c1-25-12-18-31(19-13-25)37(34,35)33-22-20-29(21-23-36-32(24-33)30-10-6-3-7-11-30)28-16-14-27(15-17-28)26-8-4-2-5-9-26/h2-20,24H,21-23H2,1H3/b29-20+,32-24-. The van der Waals surface area contributed by atoms with Gasteiger partial charge in [0.2, 0.25) is 0 Å². The second-order valence-corrected chi connectivity index (χ2v) is 10.9. The lowest BCUT2D eigenvalue weighted by molar-refractivity contribution is 0.283. The second kappa shape index (κ2) is 10.9. The molecule has 4 aromatic rings. The van der Waals surface area contributed by atoms with E-state index in [2.05, 4.69) is 36.4 Å². The molecule has 5 rings (SSSR count). The van der Waals surface area contributed by atoms with Crippen molar-refractivity contribution in [3.63, 3.8) is 0 Å². The summed E-state index contributed by atoms with van der Waals surface area (Å²) in [6, 6.07) is 35.2. The van der Waals surface area contributed by atoms with Crippen molar-refractivity contribution in [2.75, 3.05) is 13.2 Å². The Morgan fingerprint density at radius 3 is 1.89 bits per heavy atom. The van der Waals surface area contributed by atoms with Gasteiger partial charge in [0.15, 0.2) is 0 Å². The largest absolute Gasteiger partial charge is 0.491 e. The van der Waals surface area contributed by atoms with Crippen molar-refractivity contribution in [3.05, 3.63) is 138 Å². The van der Waals surface area contributed by atoms with E-state index in [1.807, 2.05) is 73.7 Å². The summed E-state index contributed by atoms with van der Waals surface area (Å²) in [6.45, 7) is 2.58. The van der Waals surface area contributed by atoms with Gasteiger partial charge in [-0.3, -0.25) is 4.31 Å². The molecule has 0 spiro atoms. The predicted molar refractivity (Wildman–Crippen MR) is 150 cm³/mol. The number of benzene rings is 4. The molecule has 0 atom stereocenters. The SMILES string of the molecule is Cc1ccc(S(=O)(=O)N2/C=C(/c3ccccc3)OCC/C(c3ccc(-c4ccccc4)cc3)=C\C2)cc1. The Morgan fingerprint density at radius 1 is 0.676 bits per heavy atom. The second-order valence-electron chi connectivity index (χ2n) is 9.02. The molecule has 5 heteroatoms. The zero-order valence-electron chi connectivity index (χ0n) is 20.7. The van der Waals surface area contributed by atoms with Gasteiger partial charge in [-0.2, -0.15) is 0 Å². The Morgan fingerprint density at radius 2 is 1.24 bits per heavy atom. The number of hydrogen-bond acceptors (Lipinski definition) is 3. The van der Waals surface area contributed by atoms with Gasteiger partial charge in [0.25, 0.3) is 10.0 Å². The van der Waals surface area contributed by atoms with Gasteiger partial charge in [0, 0.05) is 12.0 Å². The third kappa shape index (κ3) is 5.68. The Bertz CT molecular complexity index is 1510. The zero-order chi connectivity index (χ0) is 25.7. The van der Waals surface area contributed by atoms with E-state index in [4.69, 9.17) is 4.74 Å².